The molecule has 12 heavy (non-hydrogen) atoms. The zero-order chi connectivity index (χ0) is 8.23. The van der Waals surface area contributed by atoms with Crippen molar-refractivity contribution in [1.82, 2.24) is 15.3 Å². The van der Waals surface area contributed by atoms with E-state index in [2.05, 4.69) is 15.3 Å². The van der Waals surface area contributed by atoms with E-state index in [0.717, 1.165) is 6.54 Å². The van der Waals surface area contributed by atoms with Gasteiger partial charge in [-0.1, -0.05) is 0 Å². The Balaban J connectivity index is 2.02. The van der Waals surface area contributed by atoms with Crippen LogP contribution in [0.4, 0.5) is 0 Å². The molecule has 1 aliphatic rings. The Hall–Kier alpha value is -0.830. The number of nitrogens with zero attached hydrogens (tertiary/aromatic N) is 1. The van der Waals surface area contributed by atoms with Gasteiger partial charge in [0.2, 0.25) is 0 Å². The van der Waals surface area contributed by atoms with E-state index in [4.69, 9.17) is 0 Å². The summed E-state index contributed by atoms with van der Waals surface area (Å²) in [6.07, 6.45) is 7.53. The number of aromatic nitrogens is 2. The Morgan fingerprint density at radius 1 is 1.33 bits per heavy atom. The van der Waals surface area contributed by atoms with E-state index in [9.17, 15) is 0 Å². The molecule has 0 aliphatic carbocycles. The first kappa shape index (κ1) is 7.80. The number of H-pyrrole nitrogens is 1. The van der Waals surface area contributed by atoms with Gasteiger partial charge in [-0.05, 0) is 32.4 Å². The Kier molecular flexibility index (Phi) is 2.42. The molecule has 3 nitrogen and oxygen atoms in total. The van der Waals surface area contributed by atoms with Crippen LogP contribution in [0.15, 0.2) is 12.5 Å². The van der Waals surface area contributed by atoms with Gasteiger partial charge in [0.25, 0.3) is 0 Å². The molecule has 2 rings (SSSR count). The quantitative estimate of drug-likeness (QED) is 0.658. The lowest BCUT2D eigenvalue weighted by Crippen LogP contribution is -2.13. The van der Waals surface area contributed by atoms with Crippen molar-refractivity contribution >= 4 is 0 Å². The predicted octanol–water partition coefficient (Wildman–Crippen LogP) is 1.27. The van der Waals surface area contributed by atoms with E-state index in [1.165, 1.54) is 31.5 Å². The summed E-state index contributed by atoms with van der Waals surface area (Å²) in [5.41, 5.74) is 1.30. The van der Waals surface area contributed by atoms with Crippen LogP contribution in [-0.2, 0) is 0 Å². The molecule has 0 aromatic carbocycles. The molecular formula is C9H15N3. The minimum atomic E-state index is 0.697. The zero-order valence-corrected chi connectivity index (χ0v) is 7.21. The van der Waals surface area contributed by atoms with Gasteiger partial charge in [-0.2, -0.15) is 0 Å². The number of hydrogen-bond donors (Lipinski definition) is 2. The molecular weight excluding hydrogens is 150 g/mol. The second-order valence-electron chi connectivity index (χ2n) is 3.38. The first-order valence-corrected chi connectivity index (χ1v) is 4.66. The molecule has 1 aromatic heterocycles. The van der Waals surface area contributed by atoms with Crippen molar-refractivity contribution in [2.24, 2.45) is 0 Å². The summed E-state index contributed by atoms with van der Waals surface area (Å²) in [4.78, 5) is 7.25. The zero-order valence-electron chi connectivity index (χ0n) is 7.21. The fourth-order valence-corrected chi connectivity index (χ4v) is 1.82. The molecule has 1 aromatic rings. The minimum Gasteiger partial charge on any atom is -0.348 e. The first-order valence-electron chi connectivity index (χ1n) is 4.66. The van der Waals surface area contributed by atoms with Gasteiger partial charge in [-0.3, -0.25) is 0 Å². The highest BCUT2D eigenvalue weighted by atomic mass is 14.9. The lowest BCUT2D eigenvalue weighted by atomic mass is 9.98. The summed E-state index contributed by atoms with van der Waals surface area (Å²) in [6, 6.07) is 0. The van der Waals surface area contributed by atoms with Crippen molar-refractivity contribution in [2.45, 2.75) is 25.2 Å². The molecule has 0 bridgehead atoms. The summed E-state index contributed by atoms with van der Waals surface area (Å²) in [7, 11) is 0. The fourth-order valence-electron chi connectivity index (χ4n) is 1.82. The van der Waals surface area contributed by atoms with E-state index in [1.807, 2.05) is 6.20 Å². The SMILES string of the molecule is c1ncc(C2CCCNCC2)[nH]1. The summed E-state index contributed by atoms with van der Waals surface area (Å²) in [5.74, 6) is 0.697. The van der Waals surface area contributed by atoms with Gasteiger partial charge in [0.1, 0.15) is 0 Å². The lowest BCUT2D eigenvalue weighted by Gasteiger charge is -2.09. The summed E-state index contributed by atoms with van der Waals surface area (Å²) >= 11 is 0. The van der Waals surface area contributed by atoms with E-state index in [-0.39, 0.29) is 0 Å². The lowest BCUT2D eigenvalue weighted by molar-refractivity contribution is 0.596. The van der Waals surface area contributed by atoms with E-state index in [0.29, 0.717) is 5.92 Å². The second-order valence-corrected chi connectivity index (χ2v) is 3.38. The van der Waals surface area contributed by atoms with Crippen LogP contribution in [0.5, 0.6) is 0 Å². The number of rotatable bonds is 1. The second kappa shape index (κ2) is 3.72. The summed E-state index contributed by atoms with van der Waals surface area (Å²) < 4.78 is 0. The topological polar surface area (TPSA) is 40.7 Å². The normalized spacial score (nSPS) is 25.2. The molecule has 2 heterocycles. The first-order chi connectivity index (χ1) is 5.97. The molecule has 1 atom stereocenters. The van der Waals surface area contributed by atoms with Crippen LogP contribution in [-0.4, -0.2) is 23.1 Å². The Bertz CT molecular complexity index is 210. The summed E-state index contributed by atoms with van der Waals surface area (Å²) in [5, 5.41) is 3.40. The molecule has 0 saturated carbocycles. The molecule has 3 heteroatoms. The Labute approximate surface area is 72.6 Å². The van der Waals surface area contributed by atoms with E-state index in [1.54, 1.807) is 6.33 Å². The van der Waals surface area contributed by atoms with Crippen LogP contribution in [0, 0.1) is 0 Å². The Morgan fingerprint density at radius 3 is 3.17 bits per heavy atom. The van der Waals surface area contributed by atoms with Gasteiger partial charge in [0.05, 0.1) is 6.33 Å². The maximum atomic E-state index is 4.05. The largest absolute Gasteiger partial charge is 0.348 e. The van der Waals surface area contributed by atoms with Crippen molar-refractivity contribution in [3.8, 4) is 0 Å². The van der Waals surface area contributed by atoms with Gasteiger partial charge >= 0.3 is 0 Å². The van der Waals surface area contributed by atoms with Crippen molar-refractivity contribution in [3.63, 3.8) is 0 Å². The molecule has 2 N–H and O–H groups in total. The number of nitrogens with one attached hydrogen (secondary N) is 2. The number of aromatic amines is 1. The third-order valence-corrected chi connectivity index (χ3v) is 2.53. The Morgan fingerprint density at radius 2 is 2.33 bits per heavy atom. The van der Waals surface area contributed by atoms with Crippen LogP contribution >= 0.6 is 0 Å². The minimum absolute atomic E-state index is 0.697. The van der Waals surface area contributed by atoms with Crippen molar-refractivity contribution in [2.75, 3.05) is 13.1 Å². The molecule has 0 amide bonds. The van der Waals surface area contributed by atoms with Gasteiger partial charge in [-0.25, -0.2) is 4.98 Å². The highest BCUT2D eigenvalue weighted by molar-refractivity contribution is 5.03. The highest BCUT2D eigenvalue weighted by Gasteiger charge is 2.14. The van der Waals surface area contributed by atoms with Crippen LogP contribution in [0.25, 0.3) is 0 Å². The number of hydrogen-bond acceptors (Lipinski definition) is 2. The molecule has 0 spiro atoms. The molecule has 1 fully saturated rings. The molecule has 1 saturated heterocycles. The third kappa shape index (κ3) is 1.67. The van der Waals surface area contributed by atoms with Gasteiger partial charge in [0.15, 0.2) is 0 Å². The predicted molar refractivity (Wildman–Crippen MR) is 48.0 cm³/mol. The average molecular weight is 165 g/mol. The summed E-state index contributed by atoms with van der Waals surface area (Å²) in [6.45, 7) is 2.31. The van der Waals surface area contributed by atoms with Gasteiger partial charge < -0.3 is 10.3 Å². The average Bonchev–Trinajstić information content (AvgIpc) is 2.48. The van der Waals surface area contributed by atoms with Crippen molar-refractivity contribution in [3.05, 3.63) is 18.2 Å². The highest BCUT2D eigenvalue weighted by Crippen LogP contribution is 2.23. The molecule has 66 valence electrons. The molecule has 1 aliphatic heterocycles. The molecule has 0 radical (unpaired) electrons. The van der Waals surface area contributed by atoms with Gasteiger partial charge in [-0.15, -0.1) is 0 Å². The van der Waals surface area contributed by atoms with E-state index < -0.39 is 0 Å². The van der Waals surface area contributed by atoms with Crippen LogP contribution in [0.1, 0.15) is 30.9 Å². The van der Waals surface area contributed by atoms with Crippen molar-refractivity contribution in [1.29, 1.82) is 0 Å². The van der Waals surface area contributed by atoms with Crippen LogP contribution < -0.4 is 5.32 Å². The van der Waals surface area contributed by atoms with E-state index >= 15 is 0 Å². The maximum absolute atomic E-state index is 4.05. The third-order valence-electron chi connectivity index (χ3n) is 2.53. The van der Waals surface area contributed by atoms with Crippen molar-refractivity contribution < 1.29 is 0 Å². The fraction of sp³-hybridized carbons (Fsp3) is 0.667. The monoisotopic (exact) mass is 165 g/mol. The number of imidazole rings is 1. The molecule has 1 unspecified atom stereocenters. The smallest absolute Gasteiger partial charge is 0.0921 e. The maximum Gasteiger partial charge on any atom is 0.0921 e. The van der Waals surface area contributed by atoms with Gasteiger partial charge in [0, 0.05) is 17.8 Å². The van der Waals surface area contributed by atoms with Crippen LogP contribution in [0.3, 0.4) is 0 Å². The van der Waals surface area contributed by atoms with Crippen LogP contribution in [0.2, 0.25) is 0 Å². The standard InChI is InChI=1S/C9H15N3/c1-2-8(3-5-10-4-1)9-6-11-7-12-9/h6-8,10H,1-5H2,(H,11,12).